The van der Waals surface area contributed by atoms with Gasteiger partial charge in [0.2, 0.25) is 0 Å². The summed E-state index contributed by atoms with van der Waals surface area (Å²) in [5.74, 6) is 1.29. The third-order valence-electron chi connectivity index (χ3n) is 5.63. The average molecular weight is 396 g/mol. The number of hydrogen-bond donors (Lipinski definition) is 1. The summed E-state index contributed by atoms with van der Waals surface area (Å²) in [6.45, 7) is 8.06. The highest BCUT2D eigenvalue weighted by Gasteiger charge is 2.22. The molecule has 2 aromatic carbocycles. The predicted octanol–water partition coefficient (Wildman–Crippen LogP) is 2.79. The SMILES string of the molecule is C[C@H](CNC(=O)c1ccc2c(c1)OCCCO2)N1CCN(c2ccccc2)CC1. The molecule has 154 valence electrons. The maximum absolute atomic E-state index is 12.6. The van der Waals surface area contributed by atoms with Gasteiger partial charge in [-0.15, -0.1) is 0 Å². The Kier molecular flexibility index (Phi) is 6.20. The fourth-order valence-corrected chi connectivity index (χ4v) is 3.84. The van der Waals surface area contributed by atoms with Crippen LogP contribution in [0.3, 0.4) is 0 Å². The molecule has 1 amide bonds. The maximum atomic E-state index is 12.6. The number of piperazine rings is 1. The molecule has 1 N–H and O–H groups in total. The van der Waals surface area contributed by atoms with E-state index in [0.717, 1.165) is 32.6 Å². The number of para-hydroxylation sites is 1. The van der Waals surface area contributed by atoms with E-state index in [4.69, 9.17) is 9.47 Å². The molecule has 0 saturated carbocycles. The van der Waals surface area contributed by atoms with E-state index in [1.807, 2.05) is 12.1 Å². The number of nitrogens with one attached hydrogen (secondary N) is 1. The molecule has 2 aliphatic rings. The Balaban J connectivity index is 1.27. The molecule has 6 heteroatoms. The van der Waals surface area contributed by atoms with Crippen LogP contribution in [-0.4, -0.2) is 62.8 Å². The molecule has 0 unspecified atom stereocenters. The summed E-state index contributed by atoms with van der Waals surface area (Å²) >= 11 is 0. The number of benzene rings is 2. The van der Waals surface area contributed by atoms with Crippen molar-refractivity contribution in [2.75, 3.05) is 50.8 Å². The van der Waals surface area contributed by atoms with Crippen LogP contribution >= 0.6 is 0 Å². The van der Waals surface area contributed by atoms with Crippen LogP contribution in [0.1, 0.15) is 23.7 Å². The van der Waals surface area contributed by atoms with E-state index < -0.39 is 0 Å². The molecular weight excluding hydrogens is 366 g/mol. The molecule has 0 bridgehead atoms. The smallest absolute Gasteiger partial charge is 0.251 e. The molecule has 1 saturated heterocycles. The van der Waals surface area contributed by atoms with Crippen LogP contribution < -0.4 is 19.7 Å². The van der Waals surface area contributed by atoms with Crippen LogP contribution in [0, 0.1) is 0 Å². The van der Waals surface area contributed by atoms with Crippen molar-refractivity contribution in [1.82, 2.24) is 10.2 Å². The lowest BCUT2D eigenvalue weighted by atomic mass is 10.1. The van der Waals surface area contributed by atoms with Crippen molar-refractivity contribution in [3.8, 4) is 11.5 Å². The first-order valence-electron chi connectivity index (χ1n) is 10.4. The average Bonchev–Trinajstić information content (AvgIpc) is 3.03. The van der Waals surface area contributed by atoms with Crippen molar-refractivity contribution in [1.29, 1.82) is 0 Å². The van der Waals surface area contributed by atoms with E-state index >= 15 is 0 Å². The number of amides is 1. The molecule has 0 spiro atoms. The minimum absolute atomic E-state index is 0.0737. The standard InChI is InChI=1S/C23H29N3O3/c1-18(25-10-12-26(13-11-25)20-6-3-2-4-7-20)17-24-23(27)19-8-9-21-22(16-19)29-15-5-14-28-21/h2-4,6-9,16,18H,5,10-15,17H2,1H3,(H,24,27)/t18-/m1/s1. The number of rotatable bonds is 5. The Morgan fingerprint density at radius 1 is 1.00 bits per heavy atom. The molecule has 6 nitrogen and oxygen atoms in total. The number of ether oxygens (including phenoxy) is 2. The summed E-state index contributed by atoms with van der Waals surface area (Å²) in [7, 11) is 0. The Hall–Kier alpha value is -2.73. The van der Waals surface area contributed by atoms with Gasteiger partial charge in [-0.2, -0.15) is 0 Å². The lowest BCUT2D eigenvalue weighted by Crippen LogP contribution is -2.52. The second-order valence-electron chi connectivity index (χ2n) is 7.63. The molecule has 0 aromatic heterocycles. The lowest BCUT2D eigenvalue weighted by Gasteiger charge is -2.39. The predicted molar refractivity (Wildman–Crippen MR) is 114 cm³/mol. The first-order valence-corrected chi connectivity index (χ1v) is 10.4. The topological polar surface area (TPSA) is 54.0 Å². The normalized spacial score (nSPS) is 18.0. The maximum Gasteiger partial charge on any atom is 0.251 e. The van der Waals surface area contributed by atoms with Gasteiger partial charge in [0, 0.05) is 56.4 Å². The summed E-state index contributed by atoms with van der Waals surface area (Å²) in [5.41, 5.74) is 1.89. The molecule has 2 aliphatic heterocycles. The van der Waals surface area contributed by atoms with E-state index in [9.17, 15) is 4.79 Å². The molecule has 0 radical (unpaired) electrons. The van der Waals surface area contributed by atoms with Crippen LogP contribution in [0.15, 0.2) is 48.5 Å². The first kappa shape index (κ1) is 19.6. The van der Waals surface area contributed by atoms with E-state index in [-0.39, 0.29) is 11.9 Å². The highest BCUT2D eigenvalue weighted by molar-refractivity contribution is 5.94. The number of fused-ring (bicyclic) bond motifs is 1. The molecule has 2 heterocycles. The zero-order valence-corrected chi connectivity index (χ0v) is 17.0. The molecule has 1 atom stereocenters. The van der Waals surface area contributed by atoms with Crippen molar-refractivity contribution in [2.24, 2.45) is 0 Å². The van der Waals surface area contributed by atoms with E-state index in [1.165, 1.54) is 5.69 Å². The van der Waals surface area contributed by atoms with Crippen molar-refractivity contribution in [2.45, 2.75) is 19.4 Å². The Morgan fingerprint density at radius 2 is 1.72 bits per heavy atom. The van der Waals surface area contributed by atoms with Crippen molar-refractivity contribution in [3.63, 3.8) is 0 Å². The molecular formula is C23H29N3O3. The van der Waals surface area contributed by atoms with Crippen LogP contribution in [0.2, 0.25) is 0 Å². The van der Waals surface area contributed by atoms with Crippen molar-refractivity contribution < 1.29 is 14.3 Å². The van der Waals surface area contributed by atoms with Gasteiger partial charge in [-0.25, -0.2) is 0 Å². The summed E-state index contributed by atoms with van der Waals surface area (Å²) in [6.07, 6.45) is 0.852. The van der Waals surface area contributed by atoms with Gasteiger partial charge in [0.25, 0.3) is 5.91 Å². The van der Waals surface area contributed by atoms with Gasteiger partial charge in [-0.05, 0) is 37.3 Å². The lowest BCUT2D eigenvalue weighted by molar-refractivity contribution is 0.0934. The van der Waals surface area contributed by atoms with Crippen LogP contribution in [0.25, 0.3) is 0 Å². The van der Waals surface area contributed by atoms with E-state index in [1.54, 1.807) is 12.1 Å². The third-order valence-corrected chi connectivity index (χ3v) is 5.63. The first-order chi connectivity index (χ1) is 14.2. The summed E-state index contributed by atoms with van der Waals surface area (Å²) in [5, 5.41) is 3.07. The Morgan fingerprint density at radius 3 is 2.48 bits per heavy atom. The summed E-state index contributed by atoms with van der Waals surface area (Å²) < 4.78 is 11.3. The number of carbonyl (C=O) groups is 1. The van der Waals surface area contributed by atoms with Gasteiger partial charge in [0.1, 0.15) is 0 Å². The van der Waals surface area contributed by atoms with Gasteiger partial charge >= 0.3 is 0 Å². The number of carbonyl (C=O) groups excluding carboxylic acids is 1. The molecule has 2 aromatic rings. The summed E-state index contributed by atoms with van der Waals surface area (Å²) in [4.78, 5) is 17.5. The second-order valence-corrected chi connectivity index (χ2v) is 7.63. The monoisotopic (exact) mass is 395 g/mol. The number of nitrogens with zero attached hydrogens (tertiary/aromatic N) is 2. The van der Waals surface area contributed by atoms with Gasteiger partial charge in [-0.3, -0.25) is 9.69 Å². The minimum atomic E-state index is -0.0737. The zero-order valence-electron chi connectivity index (χ0n) is 17.0. The molecule has 29 heavy (non-hydrogen) atoms. The number of anilines is 1. The number of hydrogen-bond acceptors (Lipinski definition) is 5. The van der Waals surface area contributed by atoms with Crippen LogP contribution in [-0.2, 0) is 0 Å². The van der Waals surface area contributed by atoms with Gasteiger partial charge < -0.3 is 19.7 Å². The van der Waals surface area contributed by atoms with Crippen LogP contribution in [0.4, 0.5) is 5.69 Å². The highest BCUT2D eigenvalue weighted by Crippen LogP contribution is 2.30. The largest absolute Gasteiger partial charge is 0.490 e. The Labute approximate surface area is 172 Å². The fourth-order valence-electron chi connectivity index (χ4n) is 3.84. The van der Waals surface area contributed by atoms with Gasteiger partial charge in [0.15, 0.2) is 11.5 Å². The van der Waals surface area contributed by atoms with Gasteiger partial charge in [0.05, 0.1) is 13.2 Å². The van der Waals surface area contributed by atoms with E-state index in [0.29, 0.717) is 36.8 Å². The quantitative estimate of drug-likeness (QED) is 0.844. The van der Waals surface area contributed by atoms with Crippen molar-refractivity contribution >= 4 is 11.6 Å². The summed E-state index contributed by atoms with van der Waals surface area (Å²) in [6, 6.07) is 16.2. The second kappa shape index (κ2) is 9.18. The molecule has 1 fully saturated rings. The fraction of sp³-hybridized carbons (Fsp3) is 0.435. The minimum Gasteiger partial charge on any atom is -0.490 e. The molecule has 0 aliphatic carbocycles. The highest BCUT2D eigenvalue weighted by atomic mass is 16.5. The van der Waals surface area contributed by atoms with Crippen LogP contribution in [0.5, 0.6) is 11.5 Å². The Bertz CT molecular complexity index is 819. The van der Waals surface area contributed by atoms with E-state index in [2.05, 4.69) is 46.3 Å². The van der Waals surface area contributed by atoms with Crippen molar-refractivity contribution in [3.05, 3.63) is 54.1 Å². The third kappa shape index (κ3) is 4.82. The molecule has 4 rings (SSSR count). The zero-order chi connectivity index (χ0) is 20.1. The van der Waals surface area contributed by atoms with Gasteiger partial charge in [-0.1, -0.05) is 18.2 Å².